The summed E-state index contributed by atoms with van der Waals surface area (Å²) in [7, 11) is 0. The highest BCUT2D eigenvalue weighted by atomic mass is 16.4. The number of aliphatic hydroxyl groups excluding tert-OH is 3. The second-order valence-corrected chi connectivity index (χ2v) is 3.30. The number of rotatable bonds is 3. The van der Waals surface area contributed by atoms with Crippen molar-refractivity contribution >= 4 is 5.97 Å². The molecule has 0 saturated carbocycles. The van der Waals surface area contributed by atoms with Gasteiger partial charge in [0.25, 0.3) is 0 Å². The van der Waals surface area contributed by atoms with Gasteiger partial charge in [-0.2, -0.15) is 0 Å². The molecule has 6 heteroatoms. The maximum absolute atomic E-state index is 10.3. The smallest absolute Gasteiger partial charge is 0.305 e. The average Bonchev–Trinajstić information content (AvgIpc) is 2.14. The zero-order valence-electron chi connectivity index (χ0n) is 8.21. The molecule has 1 atom stereocenters. The molecule has 0 radical (unpaired) electrons. The van der Waals surface area contributed by atoms with Crippen LogP contribution in [0.2, 0.25) is 0 Å². The lowest BCUT2D eigenvalue weighted by Gasteiger charge is -2.31. The molecular weight excluding hydrogens is 202 g/mol. The van der Waals surface area contributed by atoms with Gasteiger partial charge in [-0.25, -0.2) is 0 Å². The molecule has 1 rings (SSSR count). The van der Waals surface area contributed by atoms with E-state index in [9.17, 15) is 15.0 Å². The lowest BCUT2D eigenvalue weighted by atomic mass is 10.1. The van der Waals surface area contributed by atoms with E-state index < -0.39 is 23.4 Å². The lowest BCUT2D eigenvalue weighted by molar-refractivity contribution is -0.137. The summed E-state index contributed by atoms with van der Waals surface area (Å²) in [5, 5.41) is 36.3. The maximum Gasteiger partial charge on any atom is 0.305 e. The molecular formula is C9H13NO5. The van der Waals surface area contributed by atoms with Gasteiger partial charge in [0.05, 0.1) is 12.5 Å². The number of aliphatic hydroxyl groups is 3. The molecule has 0 fully saturated rings. The second-order valence-electron chi connectivity index (χ2n) is 3.30. The highest BCUT2D eigenvalue weighted by Crippen LogP contribution is 2.22. The number of hydrogen-bond donors (Lipinski definition) is 4. The van der Waals surface area contributed by atoms with Crippen LogP contribution in [-0.2, 0) is 4.79 Å². The van der Waals surface area contributed by atoms with Gasteiger partial charge in [-0.05, 0) is 13.0 Å². The Kier molecular flexibility index (Phi) is 3.08. The quantitative estimate of drug-likeness (QED) is 0.557. The van der Waals surface area contributed by atoms with Crippen molar-refractivity contribution in [3.8, 4) is 0 Å². The average molecular weight is 215 g/mol. The molecule has 0 aromatic carbocycles. The highest BCUT2D eigenvalue weighted by molar-refractivity contribution is 5.66. The molecule has 1 heterocycles. The first-order valence-electron chi connectivity index (χ1n) is 4.45. The number of carboxylic acids is 1. The van der Waals surface area contributed by atoms with Crippen LogP contribution in [0.5, 0.6) is 0 Å². The molecule has 4 N–H and O–H groups in total. The third kappa shape index (κ3) is 2.34. The predicted octanol–water partition coefficient (Wildman–Crippen LogP) is 0.892. The number of nitrogens with zero attached hydrogens (tertiary/aromatic N) is 1. The monoisotopic (exact) mass is 215 g/mol. The van der Waals surface area contributed by atoms with E-state index in [1.807, 2.05) is 0 Å². The van der Waals surface area contributed by atoms with Gasteiger partial charge in [-0.15, -0.1) is 0 Å². The van der Waals surface area contributed by atoms with Crippen molar-refractivity contribution in [3.63, 3.8) is 0 Å². The molecule has 1 aliphatic rings. The minimum atomic E-state index is -0.992. The molecule has 0 aromatic heterocycles. The summed E-state index contributed by atoms with van der Waals surface area (Å²) in [6.45, 7) is 1.73. The fourth-order valence-corrected chi connectivity index (χ4v) is 1.37. The predicted molar refractivity (Wildman–Crippen MR) is 51.4 cm³/mol. The summed E-state index contributed by atoms with van der Waals surface area (Å²) in [4.78, 5) is 11.6. The molecule has 6 nitrogen and oxygen atoms in total. The number of aliphatic carboxylic acids is 1. The summed E-state index contributed by atoms with van der Waals surface area (Å²) in [6.07, 6.45) is 1.17. The molecule has 1 aliphatic heterocycles. The third-order valence-corrected chi connectivity index (χ3v) is 2.18. The van der Waals surface area contributed by atoms with Gasteiger partial charge in [-0.1, -0.05) is 0 Å². The Morgan fingerprint density at radius 1 is 1.47 bits per heavy atom. The first-order chi connectivity index (χ1) is 6.93. The third-order valence-electron chi connectivity index (χ3n) is 2.18. The van der Waals surface area contributed by atoms with Gasteiger partial charge in [0, 0.05) is 6.54 Å². The lowest BCUT2D eigenvalue weighted by Crippen LogP contribution is -2.36. The molecule has 15 heavy (non-hydrogen) atoms. The number of carbonyl (C=O) groups is 1. The summed E-state index contributed by atoms with van der Waals surface area (Å²) in [5.41, 5.74) is 0. The molecule has 0 spiro atoms. The van der Waals surface area contributed by atoms with Crippen LogP contribution >= 0.6 is 0 Å². The minimum absolute atomic E-state index is 0.0656. The Morgan fingerprint density at radius 2 is 2.07 bits per heavy atom. The topological polar surface area (TPSA) is 101 Å². The molecule has 0 aromatic rings. The largest absolute Gasteiger partial charge is 0.504 e. The number of carboxylic acid groups (broad SMARTS) is 1. The Bertz CT molecular complexity index is 333. The van der Waals surface area contributed by atoms with E-state index in [4.69, 9.17) is 10.2 Å². The molecule has 0 bridgehead atoms. The van der Waals surface area contributed by atoms with Crippen molar-refractivity contribution in [1.29, 1.82) is 0 Å². The van der Waals surface area contributed by atoms with E-state index in [0.717, 1.165) is 0 Å². The van der Waals surface area contributed by atoms with Crippen LogP contribution in [0.25, 0.3) is 0 Å². The van der Waals surface area contributed by atoms with Gasteiger partial charge in [0.15, 0.2) is 5.76 Å². The van der Waals surface area contributed by atoms with Gasteiger partial charge in [-0.3, -0.25) is 4.79 Å². The van der Waals surface area contributed by atoms with E-state index in [0.29, 0.717) is 0 Å². The van der Waals surface area contributed by atoms with Crippen molar-refractivity contribution in [2.24, 2.45) is 0 Å². The Morgan fingerprint density at radius 3 is 2.60 bits per heavy atom. The van der Waals surface area contributed by atoms with Crippen LogP contribution in [0.1, 0.15) is 13.3 Å². The van der Waals surface area contributed by atoms with E-state index in [1.165, 1.54) is 11.0 Å². The zero-order chi connectivity index (χ0) is 11.6. The summed E-state index contributed by atoms with van der Waals surface area (Å²) in [5.74, 6) is -2.51. The van der Waals surface area contributed by atoms with E-state index >= 15 is 0 Å². The molecule has 0 unspecified atom stereocenters. The standard InChI is InChI=1S/C9H13NO5/c1-5-4-6(11)8(14)9(15)10(5)3-2-7(12)13/h4-5,11,14-15H,2-3H2,1H3,(H,12,13)/t5-/m1/s1. The van der Waals surface area contributed by atoms with Crippen LogP contribution in [0.3, 0.4) is 0 Å². The van der Waals surface area contributed by atoms with Crippen LogP contribution in [0.15, 0.2) is 23.5 Å². The van der Waals surface area contributed by atoms with Gasteiger partial charge < -0.3 is 25.3 Å². The Labute approximate surface area is 86.4 Å². The molecule has 0 aliphatic carbocycles. The Balaban J connectivity index is 2.78. The first-order valence-corrected chi connectivity index (χ1v) is 4.45. The van der Waals surface area contributed by atoms with Crippen molar-refractivity contribution in [3.05, 3.63) is 23.5 Å². The van der Waals surface area contributed by atoms with Crippen molar-refractivity contribution in [2.45, 2.75) is 19.4 Å². The normalized spacial score (nSPS) is 21.5. The van der Waals surface area contributed by atoms with Gasteiger partial charge in [0.2, 0.25) is 11.6 Å². The van der Waals surface area contributed by atoms with Crippen LogP contribution in [0.4, 0.5) is 0 Å². The van der Waals surface area contributed by atoms with Crippen molar-refractivity contribution in [2.75, 3.05) is 6.54 Å². The fourth-order valence-electron chi connectivity index (χ4n) is 1.37. The summed E-state index contributed by atoms with van der Waals surface area (Å²) >= 11 is 0. The molecule has 0 saturated heterocycles. The second kappa shape index (κ2) is 4.12. The zero-order valence-corrected chi connectivity index (χ0v) is 8.21. The van der Waals surface area contributed by atoms with Crippen LogP contribution in [0, 0.1) is 0 Å². The SMILES string of the molecule is C[C@@H]1C=C(O)C(O)=C(O)N1CCC(=O)O. The Hall–Kier alpha value is -1.85. The van der Waals surface area contributed by atoms with Crippen molar-refractivity contribution in [1.82, 2.24) is 4.90 Å². The van der Waals surface area contributed by atoms with E-state index in [-0.39, 0.29) is 19.0 Å². The minimum Gasteiger partial charge on any atom is -0.504 e. The summed E-state index contributed by atoms with van der Waals surface area (Å²) < 4.78 is 0. The summed E-state index contributed by atoms with van der Waals surface area (Å²) in [6, 6.07) is -0.361. The highest BCUT2D eigenvalue weighted by Gasteiger charge is 2.26. The van der Waals surface area contributed by atoms with Gasteiger partial charge >= 0.3 is 5.97 Å². The van der Waals surface area contributed by atoms with E-state index in [1.54, 1.807) is 6.92 Å². The van der Waals surface area contributed by atoms with Crippen LogP contribution in [-0.4, -0.2) is 43.9 Å². The number of hydrogen-bond acceptors (Lipinski definition) is 5. The fraction of sp³-hybridized carbons (Fsp3) is 0.444. The molecule has 84 valence electrons. The maximum atomic E-state index is 10.3. The van der Waals surface area contributed by atoms with E-state index in [2.05, 4.69) is 0 Å². The first kappa shape index (κ1) is 11.2. The van der Waals surface area contributed by atoms with Crippen LogP contribution < -0.4 is 0 Å². The van der Waals surface area contributed by atoms with Crippen molar-refractivity contribution < 1.29 is 25.2 Å². The molecule has 0 amide bonds. The van der Waals surface area contributed by atoms with Gasteiger partial charge in [0.1, 0.15) is 0 Å².